The summed E-state index contributed by atoms with van der Waals surface area (Å²) >= 11 is 7.43. The molecule has 13 heavy (non-hydrogen) atoms. The van der Waals surface area contributed by atoms with E-state index in [1.165, 1.54) is 5.01 Å². The largest absolute Gasteiger partial charge is 0.381 e. The van der Waals surface area contributed by atoms with Gasteiger partial charge in [0.15, 0.2) is 0 Å². The van der Waals surface area contributed by atoms with Crippen LogP contribution in [0.25, 0.3) is 0 Å². The van der Waals surface area contributed by atoms with Crippen molar-refractivity contribution in [2.75, 3.05) is 13.2 Å². The molecule has 1 saturated heterocycles. The number of ether oxygens (including phenoxy) is 1. The minimum absolute atomic E-state index is 0.528. The summed E-state index contributed by atoms with van der Waals surface area (Å²) in [5.74, 6) is 1.13. The van der Waals surface area contributed by atoms with E-state index in [2.05, 4.69) is 10.4 Å². The molecule has 0 atom stereocenters. The number of hydrogen-bond acceptors (Lipinski definition) is 3. The average molecular weight is 218 g/mol. The fourth-order valence-corrected chi connectivity index (χ4v) is 2.74. The lowest BCUT2D eigenvalue weighted by Gasteiger charge is -2.19. The molecule has 0 N–H and O–H groups in total. The second-order valence-electron chi connectivity index (χ2n) is 3.20. The van der Waals surface area contributed by atoms with Gasteiger partial charge in [0.2, 0.25) is 0 Å². The quantitative estimate of drug-likeness (QED) is 0.711. The number of halogens is 1. The SMILES string of the molecule is ClCc1csc(C2CCOCC2)n1. The van der Waals surface area contributed by atoms with Crippen LogP contribution in [-0.4, -0.2) is 18.2 Å². The van der Waals surface area contributed by atoms with Crippen LogP contribution in [0.3, 0.4) is 0 Å². The predicted molar refractivity (Wildman–Crippen MR) is 54.5 cm³/mol. The highest BCUT2D eigenvalue weighted by Crippen LogP contribution is 2.29. The zero-order chi connectivity index (χ0) is 9.10. The highest BCUT2D eigenvalue weighted by atomic mass is 35.5. The molecule has 0 unspecified atom stereocenters. The number of thiazole rings is 1. The summed E-state index contributed by atoms with van der Waals surface area (Å²) in [6, 6.07) is 0. The molecule has 1 aliphatic heterocycles. The van der Waals surface area contributed by atoms with Crippen LogP contribution in [0, 0.1) is 0 Å². The first-order chi connectivity index (χ1) is 6.40. The molecule has 2 rings (SSSR count). The van der Waals surface area contributed by atoms with Crippen molar-refractivity contribution < 1.29 is 4.74 Å². The minimum atomic E-state index is 0.528. The first-order valence-electron chi connectivity index (χ1n) is 4.48. The van der Waals surface area contributed by atoms with Crippen molar-refractivity contribution in [1.29, 1.82) is 0 Å². The van der Waals surface area contributed by atoms with E-state index >= 15 is 0 Å². The van der Waals surface area contributed by atoms with E-state index in [9.17, 15) is 0 Å². The van der Waals surface area contributed by atoms with E-state index in [4.69, 9.17) is 16.3 Å². The number of aromatic nitrogens is 1. The Balaban J connectivity index is 2.05. The molecule has 1 fully saturated rings. The zero-order valence-electron chi connectivity index (χ0n) is 7.33. The van der Waals surface area contributed by atoms with Gasteiger partial charge in [0.1, 0.15) is 0 Å². The Kier molecular flexibility index (Phi) is 3.19. The van der Waals surface area contributed by atoms with Gasteiger partial charge in [-0.25, -0.2) is 4.98 Å². The number of nitrogens with zero attached hydrogens (tertiary/aromatic N) is 1. The number of alkyl halides is 1. The van der Waals surface area contributed by atoms with Crippen molar-refractivity contribution in [3.05, 3.63) is 16.1 Å². The molecule has 2 nitrogen and oxygen atoms in total. The summed E-state index contributed by atoms with van der Waals surface area (Å²) < 4.78 is 5.31. The van der Waals surface area contributed by atoms with Gasteiger partial charge >= 0.3 is 0 Å². The summed E-state index contributed by atoms with van der Waals surface area (Å²) in [7, 11) is 0. The van der Waals surface area contributed by atoms with Crippen molar-refractivity contribution in [2.45, 2.75) is 24.6 Å². The minimum Gasteiger partial charge on any atom is -0.381 e. The smallest absolute Gasteiger partial charge is 0.0961 e. The van der Waals surface area contributed by atoms with Crippen molar-refractivity contribution in [1.82, 2.24) is 4.98 Å². The van der Waals surface area contributed by atoms with Crippen molar-refractivity contribution >= 4 is 22.9 Å². The first-order valence-corrected chi connectivity index (χ1v) is 5.89. The van der Waals surface area contributed by atoms with Gasteiger partial charge in [-0.15, -0.1) is 22.9 Å². The van der Waals surface area contributed by atoms with Gasteiger partial charge in [-0.1, -0.05) is 0 Å². The lowest BCUT2D eigenvalue weighted by atomic mass is 10.0. The van der Waals surface area contributed by atoms with Gasteiger partial charge in [-0.3, -0.25) is 0 Å². The second-order valence-corrected chi connectivity index (χ2v) is 4.35. The standard InChI is InChI=1S/C9H12ClNOS/c10-5-8-6-13-9(11-8)7-1-3-12-4-2-7/h6-7H,1-5H2. The summed E-state index contributed by atoms with van der Waals surface area (Å²) in [6.07, 6.45) is 2.21. The van der Waals surface area contributed by atoms with Crippen LogP contribution in [0.1, 0.15) is 29.5 Å². The van der Waals surface area contributed by atoms with Gasteiger partial charge in [0, 0.05) is 24.5 Å². The molecule has 1 aliphatic rings. The van der Waals surface area contributed by atoms with Crippen LogP contribution >= 0.6 is 22.9 Å². The Morgan fingerprint density at radius 1 is 1.54 bits per heavy atom. The Morgan fingerprint density at radius 2 is 2.31 bits per heavy atom. The Hall–Kier alpha value is -0.120. The normalized spacial score (nSPS) is 19.2. The van der Waals surface area contributed by atoms with Crippen LogP contribution in [0.2, 0.25) is 0 Å². The molecule has 72 valence electrons. The molecule has 0 bridgehead atoms. The molecule has 1 aromatic rings. The van der Waals surface area contributed by atoms with Crippen LogP contribution in [0.5, 0.6) is 0 Å². The van der Waals surface area contributed by atoms with Crippen molar-refractivity contribution in [2.24, 2.45) is 0 Å². The van der Waals surface area contributed by atoms with Gasteiger partial charge in [0.05, 0.1) is 16.6 Å². The number of hydrogen-bond donors (Lipinski definition) is 0. The summed E-state index contributed by atoms with van der Waals surface area (Å²) in [4.78, 5) is 4.48. The molecule has 0 saturated carbocycles. The third kappa shape index (κ3) is 2.22. The van der Waals surface area contributed by atoms with Crippen molar-refractivity contribution in [3.63, 3.8) is 0 Å². The molecule has 0 aromatic carbocycles. The first kappa shape index (κ1) is 9.44. The molecular weight excluding hydrogens is 206 g/mol. The fourth-order valence-electron chi connectivity index (χ4n) is 1.52. The summed E-state index contributed by atoms with van der Waals surface area (Å²) in [6.45, 7) is 1.75. The van der Waals surface area contributed by atoms with Crippen LogP contribution in [-0.2, 0) is 10.6 Å². The third-order valence-corrected chi connectivity index (χ3v) is 3.61. The molecule has 4 heteroatoms. The summed E-state index contributed by atoms with van der Waals surface area (Å²) in [5.41, 5.74) is 1.01. The molecular formula is C9H12ClNOS. The maximum absolute atomic E-state index is 5.70. The number of rotatable bonds is 2. The highest BCUT2D eigenvalue weighted by molar-refractivity contribution is 7.09. The lowest BCUT2D eigenvalue weighted by Crippen LogP contribution is -2.13. The van der Waals surface area contributed by atoms with E-state index in [-0.39, 0.29) is 0 Å². The fraction of sp³-hybridized carbons (Fsp3) is 0.667. The van der Waals surface area contributed by atoms with E-state index in [1.54, 1.807) is 11.3 Å². The van der Waals surface area contributed by atoms with Crippen LogP contribution < -0.4 is 0 Å². The molecule has 0 amide bonds. The monoisotopic (exact) mass is 217 g/mol. The van der Waals surface area contributed by atoms with Crippen LogP contribution in [0.4, 0.5) is 0 Å². The highest BCUT2D eigenvalue weighted by Gasteiger charge is 2.18. The third-order valence-electron chi connectivity index (χ3n) is 2.28. The van der Waals surface area contributed by atoms with E-state index in [0.717, 1.165) is 31.7 Å². The van der Waals surface area contributed by atoms with Crippen LogP contribution in [0.15, 0.2) is 5.38 Å². The maximum Gasteiger partial charge on any atom is 0.0961 e. The zero-order valence-corrected chi connectivity index (χ0v) is 8.90. The van der Waals surface area contributed by atoms with Gasteiger partial charge in [-0.05, 0) is 12.8 Å². The van der Waals surface area contributed by atoms with E-state index < -0.39 is 0 Å². The maximum atomic E-state index is 5.70. The summed E-state index contributed by atoms with van der Waals surface area (Å²) in [5, 5.41) is 3.29. The van der Waals surface area contributed by atoms with Crippen molar-refractivity contribution in [3.8, 4) is 0 Å². The van der Waals surface area contributed by atoms with Gasteiger partial charge < -0.3 is 4.74 Å². The molecule has 0 spiro atoms. The molecule has 0 radical (unpaired) electrons. The molecule has 1 aromatic heterocycles. The second kappa shape index (κ2) is 4.40. The van der Waals surface area contributed by atoms with E-state index in [1.807, 2.05) is 0 Å². The molecule has 0 aliphatic carbocycles. The van der Waals surface area contributed by atoms with Gasteiger partial charge in [0.25, 0.3) is 0 Å². The topological polar surface area (TPSA) is 22.1 Å². The van der Waals surface area contributed by atoms with Gasteiger partial charge in [-0.2, -0.15) is 0 Å². The Morgan fingerprint density at radius 3 is 2.92 bits per heavy atom. The molecule has 2 heterocycles. The predicted octanol–water partition coefficient (Wildman–Crippen LogP) is 2.78. The lowest BCUT2D eigenvalue weighted by molar-refractivity contribution is 0.0852. The van der Waals surface area contributed by atoms with E-state index in [0.29, 0.717) is 11.8 Å². The Bertz CT molecular complexity index is 270. The Labute approximate surface area is 86.9 Å². The average Bonchev–Trinajstić information content (AvgIpc) is 2.67.